The van der Waals surface area contributed by atoms with E-state index in [4.69, 9.17) is 5.11 Å². The van der Waals surface area contributed by atoms with Gasteiger partial charge in [0.2, 0.25) is 0 Å². The van der Waals surface area contributed by atoms with E-state index in [2.05, 4.69) is 15.2 Å². The van der Waals surface area contributed by atoms with Crippen molar-refractivity contribution in [3.8, 4) is 11.3 Å². The summed E-state index contributed by atoms with van der Waals surface area (Å²) in [4.78, 5) is 16.0. The fourth-order valence-corrected chi connectivity index (χ4v) is 1.25. The molecule has 0 spiro atoms. The number of nitrogens with zero attached hydrogens (tertiary/aromatic N) is 4. The van der Waals surface area contributed by atoms with Crippen LogP contribution in [0.3, 0.4) is 0 Å². The number of pyridine rings is 1. The number of carbonyl (C=O) groups is 1. The normalized spacial score (nSPS) is 10.2. The first kappa shape index (κ1) is 9.32. The molecule has 1 N–H and O–H groups in total. The highest BCUT2D eigenvalue weighted by atomic mass is 16.4. The minimum Gasteiger partial charge on any atom is -0.476 e. The average Bonchev–Trinajstić information content (AvgIpc) is 2.62. The zero-order valence-corrected chi connectivity index (χ0v) is 7.95. The second kappa shape index (κ2) is 3.49. The van der Waals surface area contributed by atoms with Gasteiger partial charge in [-0.05, 0) is 12.1 Å². The summed E-state index contributed by atoms with van der Waals surface area (Å²) in [6, 6.07) is 3.38. The average molecular weight is 204 g/mol. The number of carboxylic acid groups (broad SMARTS) is 1. The standard InChI is InChI=1S/C9H8N4O2/c1-13-11-7(8(12-13)9(14)15)6-2-4-10-5-3-6/h2-5H,1H3,(H,14,15). The van der Waals surface area contributed by atoms with Crippen molar-refractivity contribution in [3.05, 3.63) is 30.2 Å². The minimum atomic E-state index is -1.09. The molecule has 6 heteroatoms. The molecule has 2 rings (SSSR count). The first-order chi connectivity index (χ1) is 7.18. The molecule has 0 aliphatic carbocycles. The van der Waals surface area contributed by atoms with Crippen LogP contribution in [0, 0.1) is 0 Å². The summed E-state index contributed by atoms with van der Waals surface area (Å²) >= 11 is 0. The van der Waals surface area contributed by atoms with E-state index in [9.17, 15) is 4.79 Å². The Morgan fingerprint density at radius 3 is 2.60 bits per heavy atom. The van der Waals surface area contributed by atoms with Crippen LogP contribution in [0.25, 0.3) is 11.3 Å². The second-order valence-corrected chi connectivity index (χ2v) is 2.93. The van der Waals surface area contributed by atoms with Gasteiger partial charge in [0, 0.05) is 25.0 Å². The number of hydrogen-bond acceptors (Lipinski definition) is 4. The van der Waals surface area contributed by atoms with Crippen LogP contribution in [0.15, 0.2) is 24.5 Å². The maximum atomic E-state index is 10.9. The molecule has 76 valence electrons. The molecular weight excluding hydrogens is 196 g/mol. The summed E-state index contributed by atoms with van der Waals surface area (Å²) in [6.07, 6.45) is 3.16. The van der Waals surface area contributed by atoms with Gasteiger partial charge in [-0.1, -0.05) is 0 Å². The monoisotopic (exact) mass is 204 g/mol. The number of rotatable bonds is 2. The molecule has 6 nitrogen and oxygen atoms in total. The molecule has 0 bridgehead atoms. The molecule has 0 fully saturated rings. The van der Waals surface area contributed by atoms with E-state index in [0.717, 1.165) is 0 Å². The Morgan fingerprint density at radius 2 is 2.00 bits per heavy atom. The fraction of sp³-hybridized carbons (Fsp3) is 0.111. The van der Waals surface area contributed by atoms with Gasteiger partial charge in [0.1, 0.15) is 5.69 Å². The summed E-state index contributed by atoms with van der Waals surface area (Å²) in [5.41, 5.74) is 0.992. The molecule has 0 unspecified atom stereocenters. The van der Waals surface area contributed by atoms with E-state index in [1.165, 1.54) is 4.80 Å². The SMILES string of the molecule is Cn1nc(C(=O)O)c(-c2ccncc2)n1. The predicted molar refractivity (Wildman–Crippen MR) is 51.2 cm³/mol. The van der Waals surface area contributed by atoms with E-state index < -0.39 is 5.97 Å². The zero-order valence-electron chi connectivity index (χ0n) is 7.95. The van der Waals surface area contributed by atoms with Gasteiger partial charge >= 0.3 is 5.97 Å². The minimum absolute atomic E-state index is 0.0521. The highest BCUT2D eigenvalue weighted by molar-refractivity contribution is 5.92. The van der Waals surface area contributed by atoms with Gasteiger partial charge in [-0.25, -0.2) is 4.79 Å². The lowest BCUT2D eigenvalue weighted by atomic mass is 10.1. The van der Waals surface area contributed by atoms with Gasteiger partial charge in [-0.15, -0.1) is 5.10 Å². The Kier molecular flexibility index (Phi) is 2.17. The molecule has 0 saturated carbocycles. The highest BCUT2D eigenvalue weighted by Gasteiger charge is 2.17. The molecule has 0 saturated heterocycles. The third-order valence-corrected chi connectivity index (χ3v) is 1.87. The Hall–Kier alpha value is -2.24. The molecule has 15 heavy (non-hydrogen) atoms. The third-order valence-electron chi connectivity index (χ3n) is 1.87. The van der Waals surface area contributed by atoms with E-state index in [1.807, 2.05) is 0 Å². The van der Waals surface area contributed by atoms with Crippen molar-refractivity contribution >= 4 is 5.97 Å². The van der Waals surface area contributed by atoms with Crippen LogP contribution in [-0.2, 0) is 7.05 Å². The van der Waals surface area contributed by atoms with Gasteiger partial charge in [0.05, 0.1) is 0 Å². The third kappa shape index (κ3) is 1.69. The lowest BCUT2D eigenvalue weighted by Crippen LogP contribution is -2.00. The van der Waals surface area contributed by atoms with Crippen molar-refractivity contribution in [2.75, 3.05) is 0 Å². The van der Waals surface area contributed by atoms with Crippen molar-refractivity contribution < 1.29 is 9.90 Å². The molecule has 2 aromatic rings. The number of aryl methyl sites for hydroxylation is 1. The first-order valence-electron chi connectivity index (χ1n) is 4.23. The van der Waals surface area contributed by atoms with Gasteiger partial charge in [0.25, 0.3) is 0 Å². The summed E-state index contributed by atoms with van der Waals surface area (Å²) in [5.74, 6) is -1.09. The highest BCUT2D eigenvalue weighted by Crippen LogP contribution is 2.18. The Bertz CT molecular complexity index is 492. The molecule has 2 heterocycles. The predicted octanol–water partition coefficient (Wildman–Crippen LogP) is 0.575. The Balaban J connectivity index is 2.58. The van der Waals surface area contributed by atoms with Gasteiger partial charge in [-0.2, -0.15) is 9.90 Å². The maximum absolute atomic E-state index is 10.9. The fourth-order valence-electron chi connectivity index (χ4n) is 1.25. The quantitative estimate of drug-likeness (QED) is 0.773. The molecular formula is C9H8N4O2. The topological polar surface area (TPSA) is 80.9 Å². The molecule has 0 amide bonds. The van der Waals surface area contributed by atoms with Gasteiger partial charge < -0.3 is 5.11 Å². The van der Waals surface area contributed by atoms with Crippen LogP contribution >= 0.6 is 0 Å². The molecule has 2 aromatic heterocycles. The van der Waals surface area contributed by atoms with Crippen molar-refractivity contribution in [2.24, 2.45) is 7.05 Å². The molecule has 0 radical (unpaired) electrons. The van der Waals surface area contributed by atoms with E-state index >= 15 is 0 Å². The van der Waals surface area contributed by atoms with Crippen molar-refractivity contribution in [1.82, 2.24) is 20.0 Å². The van der Waals surface area contributed by atoms with Crippen LogP contribution in [0.2, 0.25) is 0 Å². The smallest absolute Gasteiger partial charge is 0.358 e. The number of aromatic nitrogens is 4. The Morgan fingerprint density at radius 1 is 1.33 bits per heavy atom. The molecule has 0 aliphatic rings. The lowest BCUT2D eigenvalue weighted by molar-refractivity contribution is 0.0690. The van der Waals surface area contributed by atoms with Gasteiger partial charge in [-0.3, -0.25) is 4.98 Å². The first-order valence-corrected chi connectivity index (χ1v) is 4.23. The largest absolute Gasteiger partial charge is 0.476 e. The van der Waals surface area contributed by atoms with E-state index in [0.29, 0.717) is 11.3 Å². The maximum Gasteiger partial charge on any atom is 0.358 e. The van der Waals surface area contributed by atoms with Crippen molar-refractivity contribution in [3.63, 3.8) is 0 Å². The van der Waals surface area contributed by atoms with Crippen LogP contribution in [-0.4, -0.2) is 31.1 Å². The second-order valence-electron chi connectivity index (χ2n) is 2.93. The molecule has 0 atom stereocenters. The summed E-state index contributed by atoms with van der Waals surface area (Å²) in [7, 11) is 1.58. The van der Waals surface area contributed by atoms with Crippen LogP contribution in [0.1, 0.15) is 10.5 Å². The number of hydrogen-bond donors (Lipinski definition) is 1. The summed E-state index contributed by atoms with van der Waals surface area (Å²) in [5, 5.41) is 16.7. The zero-order chi connectivity index (χ0) is 10.8. The van der Waals surface area contributed by atoms with Crippen molar-refractivity contribution in [1.29, 1.82) is 0 Å². The van der Waals surface area contributed by atoms with Crippen molar-refractivity contribution in [2.45, 2.75) is 0 Å². The molecule has 0 aromatic carbocycles. The van der Waals surface area contributed by atoms with Crippen LogP contribution in [0.4, 0.5) is 0 Å². The van der Waals surface area contributed by atoms with E-state index in [1.54, 1.807) is 31.6 Å². The molecule has 0 aliphatic heterocycles. The number of carboxylic acids is 1. The Labute approximate surface area is 85.2 Å². The van der Waals surface area contributed by atoms with Crippen LogP contribution in [0.5, 0.6) is 0 Å². The summed E-state index contributed by atoms with van der Waals surface area (Å²) < 4.78 is 0. The lowest BCUT2D eigenvalue weighted by Gasteiger charge is -1.95. The van der Waals surface area contributed by atoms with Crippen LogP contribution < -0.4 is 0 Å². The number of aromatic carboxylic acids is 1. The van der Waals surface area contributed by atoms with Gasteiger partial charge in [0.15, 0.2) is 5.69 Å². The van der Waals surface area contributed by atoms with E-state index in [-0.39, 0.29) is 5.69 Å². The summed E-state index contributed by atoms with van der Waals surface area (Å²) in [6.45, 7) is 0.